The highest BCUT2D eigenvalue weighted by molar-refractivity contribution is 7.00. The van der Waals surface area contributed by atoms with Crippen LogP contribution in [0.1, 0.15) is 11.1 Å². The number of hydrogen-bond donors (Lipinski definition) is 0. The molecule has 0 aliphatic carbocycles. The maximum Gasteiger partial charge on any atom is 0.252 e. The first-order valence-corrected chi connectivity index (χ1v) is 25.8. The van der Waals surface area contributed by atoms with Crippen molar-refractivity contribution < 1.29 is 0 Å². The molecule has 0 bridgehead atoms. The van der Waals surface area contributed by atoms with E-state index < -0.39 is 0 Å². The number of nitrogens with zero attached hydrogens (tertiary/aromatic N) is 7. The van der Waals surface area contributed by atoms with Crippen molar-refractivity contribution >= 4 is 127 Å². The largest absolute Gasteiger partial charge is 0.310 e. The summed E-state index contributed by atoms with van der Waals surface area (Å²) in [5.74, 6) is 0. The first-order valence-electron chi connectivity index (χ1n) is 25.8. The normalized spacial score (nSPS) is 12.7. The summed E-state index contributed by atoms with van der Waals surface area (Å²) < 4.78 is 9.30. The summed E-state index contributed by atoms with van der Waals surface area (Å²) in [6.07, 6.45) is 0. The summed E-state index contributed by atoms with van der Waals surface area (Å²) >= 11 is 0. The number of nitriles is 2. The molecule has 7 nitrogen and oxygen atoms in total. The van der Waals surface area contributed by atoms with Crippen LogP contribution in [0.3, 0.4) is 0 Å². The van der Waals surface area contributed by atoms with Gasteiger partial charge in [0.25, 0.3) is 6.71 Å². The fourth-order valence-corrected chi connectivity index (χ4v) is 13.7. The maximum atomic E-state index is 12.2. The Bertz CT molecular complexity index is 4890. The molecule has 4 aromatic heterocycles. The number of anilines is 3. The summed E-state index contributed by atoms with van der Waals surface area (Å²) in [6, 6.07) is 87.7. The molecule has 6 heterocycles. The van der Waals surface area contributed by atoms with Gasteiger partial charge >= 0.3 is 0 Å². The van der Waals surface area contributed by atoms with Gasteiger partial charge in [-0.25, -0.2) is 0 Å². The Balaban J connectivity index is 1.06. The molecule has 0 N–H and O–H groups in total. The van der Waals surface area contributed by atoms with E-state index in [0.717, 1.165) is 116 Å². The van der Waals surface area contributed by atoms with E-state index in [1.54, 1.807) is 0 Å². The predicted octanol–water partition coefficient (Wildman–Crippen LogP) is 14.4. The molecule has 0 saturated heterocycles. The molecule has 76 heavy (non-hydrogen) atoms. The van der Waals surface area contributed by atoms with Gasteiger partial charge in [0.1, 0.15) is 23.3 Å². The van der Waals surface area contributed by atoms with Crippen molar-refractivity contribution in [2.24, 2.45) is 0 Å². The number of para-hydroxylation sites is 8. The van der Waals surface area contributed by atoms with Crippen LogP contribution in [0, 0.1) is 22.7 Å². The van der Waals surface area contributed by atoms with Gasteiger partial charge in [-0.15, -0.1) is 0 Å². The first-order chi connectivity index (χ1) is 37.7. The van der Waals surface area contributed by atoms with Gasteiger partial charge in [-0.2, -0.15) is 10.5 Å². The quantitative estimate of drug-likeness (QED) is 0.165. The highest BCUT2D eigenvalue weighted by atomic mass is 15.2. The number of fused-ring (bicyclic) bond motifs is 16. The van der Waals surface area contributed by atoms with Crippen molar-refractivity contribution in [1.29, 1.82) is 10.5 Å². The van der Waals surface area contributed by atoms with Gasteiger partial charge in [0, 0.05) is 71.4 Å². The first kappa shape index (κ1) is 41.0. The van der Waals surface area contributed by atoms with E-state index in [-0.39, 0.29) is 6.71 Å². The topological polar surface area (TPSA) is 70.5 Å². The van der Waals surface area contributed by atoms with Crippen LogP contribution in [0.5, 0.6) is 0 Å². The molecule has 348 valence electrons. The predicted molar refractivity (Wildman–Crippen MR) is 313 cm³/mol. The molecular formula is C68H38BN7. The lowest BCUT2D eigenvalue weighted by Crippen LogP contribution is -2.61. The summed E-state index contributed by atoms with van der Waals surface area (Å²) in [7, 11) is 0. The third-order valence-corrected chi connectivity index (χ3v) is 16.6. The van der Waals surface area contributed by atoms with Gasteiger partial charge in [-0.05, 0) is 101 Å². The Morgan fingerprint density at radius 1 is 0.303 bits per heavy atom. The van der Waals surface area contributed by atoms with Crippen molar-refractivity contribution in [3.05, 3.63) is 242 Å². The third kappa shape index (κ3) is 5.14. The average Bonchev–Trinajstić information content (AvgIpc) is 4.37. The molecule has 0 saturated carbocycles. The molecule has 0 spiro atoms. The Labute approximate surface area is 435 Å². The highest BCUT2D eigenvalue weighted by Gasteiger charge is 2.46. The molecular weight excluding hydrogens is 926 g/mol. The van der Waals surface area contributed by atoms with Crippen LogP contribution in [0.15, 0.2) is 231 Å². The second-order valence-corrected chi connectivity index (χ2v) is 20.2. The lowest BCUT2D eigenvalue weighted by atomic mass is 9.33. The van der Waals surface area contributed by atoms with Crippen molar-refractivity contribution in [2.45, 2.75) is 0 Å². The molecule has 0 unspecified atom stereocenters. The van der Waals surface area contributed by atoms with Gasteiger partial charge in [-0.1, -0.05) is 146 Å². The van der Waals surface area contributed by atoms with E-state index in [2.05, 4.69) is 260 Å². The van der Waals surface area contributed by atoms with Gasteiger partial charge in [0.15, 0.2) is 0 Å². The van der Waals surface area contributed by atoms with E-state index in [1.165, 1.54) is 21.5 Å². The van der Waals surface area contributed by atoms with E-state index in [9.17, 15) is 10.5 Å². The lowest BCUT2D eigenvalue weighted by Gasteiger charge is -2.41. The molecule has 0 fully saturated rings. The van der Waals surface area contributed by atoms with Crippen molar-refractivity contribution in [3.63, 3.8) is 0 Å². The Kier molecular flexibility index (Phi) is 8.10. The minimum atomic E-state index is -0.268. The van der Waals surface area contributed by atoms with E-state index in [4.69, 9.17) is 0 Å². The van der Waals surface area contributed by atoms with Gasteiger partial charge in [0.2, 0.25) is 0 Å². The molecule has 0 atom stereocenters. The zero-order chi connectivity index (χ0) is 49.9. The molecule has 15 aromatic rings. The SMILES string of the molecule is N#Cc1c2c3c(c(C#N)c1-n1c4ccc(-n5c6ccccc6c6ccccc65)cc4c4cc(-n5c6ccccc6c6ccccc65)ccc41)-n1c4ccccc4c4cccc(c41)B3c1ccccc1N2c1ccccc1. The fourth-order valence-electron chi connectivity index (χ4n) is 13.7. The van der Waals surface area contributed by atoms with Crippen LogP contribution in [-0.4, -0.2) is 25.0 Å². The Morgan fingerprint density at radius 2 is 0.724 bits per heavy atom. The Hall–Kier alpha value is -10.5. The molecule has 17 rings (SSSR count). The van der Waals surface area contributed by atoms with Crippen LogP contribution >= 0.6 is 0 Å². The van der Waals surface area contributed by atoms with Crippen molar-refractivity contribution in [3.8, 4) is 34.9 Å². The number of rotatable bonds is 4. The van der Waals surface area contributed by atoms with Crippen LogP contribution in [0.25, 0.3) is 110 Å². The molecule has 2 aliphatic heterocycles. The average molecular weight is 964 g/mol. The molecule has 0 radical (unpaired) electrons. The molecule has 8 heteroatoms. The molecule has 2 aliphatic rings. The summed E-state index contributed by atoms with van der Waals surface area (Å²) in [4.78, 5) is 2.28. The minimum Gasteiger partial charge on any atom is -0.310 e. The Morgan fingerprint density at radius 3 is 1.26 bits per heavy atom. The monoisotopic (exact) mass is 963 g/mol. The van der Waals surface area contributed by atoms with Crippen molar-refractivity contribution in [1.82, 2.24) is 18.3 Å². The molecule has 0 amide bonds. The third-order valence-electron chi connectivity index (χ3n) is 16.6. The summed E-state index contributed by atoms with van der Waals surface area (Å²) in [5.41, 5.74) is 18.5. The van der Waals surface area contributed by atoms with Crippen LogP contribution in [0.2, 0.25) is 0 Å². The molecule has 11 aromatic carbocycles. The number of hydrogen-bond acceptors (Lipinski definition) is 3. The van der Waals surface area contributed by atoms with E-state index in [0.29, 0.717) is 16.8 Å². The van der Waals surface area contributed by atoms with Crippen molar-refractivity contribution in [2.75, 3.05) is 4.90 Å². The van der Waals surface area contributed by atoms with E-state index in [1.807, 2.05) is 6.07 Å². The standard InChI is InChI=1S/C68H38BN7/c70-39-52-65(53(40-71)68-64-67(52)74(41-17-2-1-3-18-41)63-32-15-9-25-54(63)69(64)55-26-16-24-49-48-23-8-14-31-60(48)76(68)66(49)55)75-61-35-33-42(72-56-27-10-4-19-44(56)45-20-5-11-28-57(45)72)37-50(61)51-38-43(34-36-62(51)75)73-58-29-12-6-21-46(58)47-22-7-13-30-59(47)73/h1-38H. The smallest absolute Gasteiger partial charge is 0.252 e. The fraction of sp³-hybridized carbons (Fsp3) is 0. The number of aromatic nitrogens is 4. The second kappa shape index (κ2) is 15.0. The second-order valence-electron chi connectivity index (χ2n) is 20.2. The zero-order valence-corrected chi connectivity index (χ0v) is 40.6. The zero-order valence-electron chi connectivity index (χ0n) is 40.6. The lowest BCUT2D eigenvalue weighted by molar-refractivity contribution is 1.10. The van der Waals surface area contributed by atoms with Crippen LogP contribution < -0.4 is 21.3 Å². The van der Waals surface area contributed by atoms with Crippen LogP contribution in [-0.2, 0) is 0 Å². The van der Waals surface area contributed by atoms with E-state index >= 15 is 0 Å². The minimum absolute atomic E-state index is 0.268. The van der Waals surface area contributed by atoms with Gasteiger partial charge in [0.05, 0.1) is 55.7 Å². The summed E-state index contributed by atoms with van der Waals surface area (Å²) in [5, 5.41) is 33.4. The summed E-state index contributed by atoms with van der Waals surface area (Å²) in [6.45, 7) is -0.268. The van der Waals surface area contributed by atoms with Crippen LogP contribution in [0.4, 0.5) is 17.1 Å². The highest BCUT2D eigenvalue weighted by Crippen LogP contribution is 2.48. The number of benzene rings is 11. The van der Waals surface area contributed by atoms with Gasteiger partial charge < -0.3 is 23.2 Å². The van der Waals surface area contributed by atoms with Gasteiger partial charge in [-0.3, -0.25) is 0 Å². The maximum absolute atomic E-state index is 12.2.